The lowest BCUT2D eigenvalue weighted by molar-refractivity contribution is 0.0640. The standard InChI is InChI=1S/C12H19ClN2O3S/c1-8-5-9(13)10(14)6-11(8)19(17,18)15(4)7-12(2,3)16/h5-6,16H,7,14H2,1-4H3. The zero-order valence-corrected chi connectivity index (χ0v) is 13.0. The summed E-state index contributed by atoms with van der Waals surface area (Å²) in [5, 5.41) is 10.0. The molecule has 0 saturated carbocycles. The first-order chi connectivity index (χ1) is 8.45. The lowest BCUT2D eigenvalue weighted by atomic mass is 10.1. The molecule has 0 fully saturated rings. The monoisotopic (exact) mass is 306 g/mol. The summed E-state index contributed by atoms with van der Waals surface area (Å²) in [4.78, 5) is 0.0983. The van der Waals surface area contributed by atoms with Crippen LogP contribution in [-0.4, -0.2) is 37.0 Å². The summed E-state index contributed by atoms with van der Waals surface area (Å²) in [5.74, 6) is 0. The summed E-state index contributed by atoms with van der Waals surface area (Å²) in [6.07, 6.45) is 0. The molecular weight excluding hydrogens is 288 g/mol. The van der Waals surface area contributed by atoms with Crippen LogP contribution in [0.15, 0.2) is 17.0 Å². The minimum Gasteiger partial charge on any atom is -0.397 e. The summed E-state index contributed by atoms with van der Waals surface area (Å²) in [7, 11) is -2.29. The number of anilines is 1. The molecule has 0 aliphatic rings. The van der Waals surface area contributed by atoms with E-state index in [1.165, 1.54) is 19.2 Å². The SMILES string of the molecule is Cc1cc(Cl)c(N)cc1S(=O)(=O)N(C)CC(C)(C)O. The number of nitrogens with zero attached hydrogens (tertiary/aromatic N) is 1. The molecule has 0 aromatic heterocycles. The zero-order chi connectivity index (χ0) is 15.0. The number of nitrogen functional groups attached to an aromatic ring is 1. The summed E-state index contributed by atoms with van der Waals surface area (Å²) in [6.45, 7) is 4.72. The maximum atomic E-state index is 12.4. The Morgan fingerprint density at radius 3 is 2.42 bits per heavy atom. The van der Waals surface area contributed by atoms with Gasteiger partial charge in [0.15, 0.2) is 0 Å². The van der Waals surface area contributed by atoms with E-state index in [0.717, 1.165) is 4.31 Å². The highest BCUT2D eigenvalue weighted by Crippen LogP contribution is 2.28. The van der Waals surface area contributed by atoms with Gasteiger partial charge in [-0.1, -0.05) is 11.6 Å². The summed E-state index contributed by atoms with van der Waals surface area (Å²) < 4.78 is 25.9. The molecule has 0 heterocycles. The summed E-state index contributed by atoms with van der Waals surface area (Å²) >= 11 is 5.85. The molecule has 0 atom stereocenters. The molecule has 1 rings (SSSR count). The molecule has 0 aliphatic heterocycles. The lowest BCUT2D eigenvalue weighted by Crippen LogP contribution is -2.39. The van der Waals surface area contributed by atoms with Crippen molar-refractivity contribution in [2.75, 3.05) is 19.3 Å². The second-order valence-electron chi connectivity index (χ2n) is 5.21. The second kappa shape index (κ2) is 5.28. The van der Waals surface area contributed by atoms with Crippen molar-refractivity contribution in [3.8, 4) is 0 Å². The van der Waals surface area contributed by atoms with Crippen LogP contribution in [0.25, 0.3) is 0 Å². The topological polar surface area (TPSA) is 83.6 Å². The average molecular weight is 307 g/mol. The maximum Gasteiger partial charge on any atom is 0.243 e. The highest BCUT2D eigenvalue weighted by molar-refractivity contribution is 7.89. The van der Waals surface area contributed by atoms with E-state index in [9.17, 15) is 13.5 Å². The average Bonchev–Trinajstić information content (AvgIpc) is 2.20. The van der Waals surface area contributed by atoms with Crippen molar-refractivity contribution in [2.24, 2.45) is 0 Å². The maximum absolute atomic E-state index is 12.4. The Morgan fingerprint density at radius 1 is 1.42 bits per heavy atom. The van der Waals surface area contributed by atoms with Crippen molar-refractivity contribution >= 4 is 27.3 Å². The van der Waals surface area contributed by atoms with Crippen LogP contribution in [0.3, 0.4) is 0 Å². The second-order valence-corrected chi connectivity index (χ2v) is 7.63. The Labute approximate surface area is 119 Å². The fraction of sp³-hybridized carbons (Fsp3) is 0.500. The van der Waals surface area contributed by atoms with E-state index in [4.69, 9.17) is 17.3 Å². The van der Waals surface area contributed by atoms with Crippen molar-refractivity contribution in [3.63, 3.8) is 0 Å². The number of sulfonamides is 1. The lowest BCUT2D eigenvalue weighted by Gasteiger charge is -2.25. The number of benzene rings is 1. The summed E-state index contributed by atoms with van der Waals surface area (Å²) in [5.41, 5.74) is 5.26. The molecule has 1 aromatic rings. The van der Waals surface area contributed by atoms with Crippen LogP contribution in [0.4, 0.5) is 5.69 Å². The van der Waals surface area contributed by atoms with Gasteiger partial charge in [0.25, 0.3) is 0 Å². The minimum absolute atomic E-state index is 0.0166. The number of halogens is 1. The van der Waals surface area contributed by atoms with Gasteiger partial charge in [-0.05, 0) is 38.5 Å². The Morgan fingerprint density at radius 2 is 1.95 bits per heavy atom. The van der Waals surface area contributed by atoms with Crippen LogP contribution in [0.2, 0.25) is 5.02 Å². The highest BCUT2D eigenvalue weighted by atomic mass is 35.5. The number of aliphatic hydroxyl groups is 1. The van der Waals surface area contributed by atoms with Crippen LogP contribution >= 0.6 is 11.6 Å². The number of rotatable bonds is 4. The van der Waals surface area contributed by atoms with Crippen molar-refractivity contribution in [1.82, 2.24) is 4.31 Å². The van der Waals surface area contributed by atoms with Crippen LogP contribution in [0.5, 0.6) is 0 Å². The molecule has 5 nitrogen and oxygen atoms in total. The Bertz CT molecular complexity index is 579. The molecule has 0 bridgehead atoms. The van der Waals surface area contributed by atoms with Crippen LogP contribution in [-0.2, 0) is 10.0 Å². The van der Waals surface area contributed by atoms with Gasteiger partial charge in [-0.25, -0.2) is 8.42 Å². The van der Waals surface area contributed by atoms with Gasteiger partial charge >= 0.3 is 0 Å². The quantitative estimate of drug-likeness (QED) is 0.828. The molecule has 0 amide bonds. The normalized spacial score (nSPS) is 13.0. The van der Waals surface area contributed by atoms with Gasteiger partial charge in [0.05, 0.1) is 21.2 Å². The molecule has 19 heavy (non-hydrogen) atoms. The first-order valence-corrected chi connectivity index (χ1v) is 7.51. The van der Waals surface area contributed by atoms with Crippen molar-refractivity contribution in [2.45, 2.75) is 31.3 Å². The number of hydrogen-bond donors (Lipinski definition) is 2. The Balaban J connectivity index is 3.25. The van der Waals surface area contributed by atoms with Gasteiger partial charge in [0.1, 0.15) is 0 Å². The minimum atomic E-state index is -3.71. The molecule has 3 N–H and O–H groups in total. The number of nitrogens with two attached hydrogens (primary N) is 1. The molecule has 1 aromatic carbocycles. The summed E-state index contributed by atoms with van der Waals surface area (Å²) in [6, 6.07) is 2.86. The van der Waals surface area contributed by atoms with Crippen LogP contribution in [0, 0.1) is 6.92 Å². The van der Waals surface area contributed by atoms with E-state index >= 15 is 0 Å². The number of aryl methyl sites for hydroxylation is 1. The molecule has 0 saturated heterocycles. The number of hydrogen-bond acceptors (Lipinski definition) is 4. The Kier molecular flexibility index (Phi) is 4.51. The first-order valence-electron chi connectivity index (χ1n) is 5.69. The molecule has 0 unspecified atom stereocenters. The van der Waals surface area contributed by atoms with Gasteiger partial charge in [-0.2, -0.15) is 4.31 Å². The van der Waals surface area contributed by atoms with E-state index in [2.05, 4.69) is 0 Å². The third-order valence-electron chi connectivity index (χ3n) is 2.59. The van der Waals surface area contributed by atoms with Gasteiger partial charge < -0.3 is 10.8 Å². The molecule has 7 heteroatoms. The van der Waals surface area contributed by atoms with Gasteiger partial charge in [-0.3, -0.25) is 0 Å². The molecule has 0 aliphatic carbocycles. The third kappa shape index (κ3) is 3.82. The molecule has 0 spiro atoms. The van der Waals surface area contributed by atoms with Crippen LogP contribution < -0.4 is 5.73 Å². The van der Waals surface area contributed by atoms with Gasteiger partial charge in [-0.15, -0.1) is 0 Å². The Hall–Kier alpha value is -0.820. The van der Waals surface area contributed by atoms with E-state index in [1.807, 2.05) is 0 Å². The van der Waals surface area contributed by atoms with Crippen molar-refractivity contribution in [1.29, 1.82) is 0 Å². The van der Waals surface area contributed by atoms with E-state index in [-0.39, 0.29) is 17.1 Å². The third-order valence-corrected chi connectivity index (χ3v) is 4.86. The molecule has 0 radical (unpaired) electrons. The van der Waals surface area contributed by atoms with E-state index in [1.54, 1.807) is 20.8 Å². The highest BCUT2D eigenvalue weighted by Gasteiger charge is 2.28. The fourth-order valence-corrected chi connectivity index (χ4v) is 3.53. The fourth-order valence-electron chi connectivity index (χ4n) is 1.74. The predicted octanol–water partition coefficient (Wildman–Crippen LogP) is 1.62. The molecular formula is C12H19ClN2O3S. The smallest absolute Gasteiger partial charge is 0.243 e. The molecule has 108 valence electrons. The van der Waals surface area contributed by atoms with E-state index in [0.29, 0.717) is 10.6 Å². The van der Waals surface area contributed by atoms with Gasteiger partial charge in [0, 0.05) is 13.6 Å². The van der Waals surface area contributed by atoms with E-state index < -0.39 is 15.6 Å². The van der Waals surface area contributed by atoms with Gasteiger partial charge in [0.2, 0.25) is 10.0 Å². The predicted molar refractivity (Wildman–Crippen MR) is 76.7 cm³/mol. The zero-order valence-electron chi connectivity index (χ0n) is 11.4. The largest absolute Gasteiger partial charge is 0.397 e. The van der Waals surface area contributed by atoms with Crippen LogP contribution in [0.1, 0.15) is 19.4 Å². The first kappa shape index (κ1) is 16.2. The van der Waals surface area contributed by atoms with Crippen molar-refractivity contribution < 1.29 is 13.5 Å². The van der Waals surface area contributed by atoms with Crippen molar-refractivity contribution in [3.05, 3.63) is 22.7 Å². The number of likely N-dealkylation sites (N-methyl/N-ethyl adjacent to an activating group) is 1.